The highest BCUT2D eigenvalue weighted by Crippen LogP contribution is 2.40. The number of fused-ring (bicyclic) bond motifs is 1. The highest BCUT2D eigenvalue weighted by molar-refractivity contribution is 6.12. The molecule has 0 spiro atoms. The molecule has 1 heterocycles. The maximum atomic E-state index is 13.9. The molecule has 0 aromatic heterocycles. The summed E-state index contributed by atoms with van der Waals surface area (Å²) in [6.45, 7) is 0.588. The van der Waals surface area contributed by atoms with Gasteiger partial charge in [0, 0.05) is 24.2 Å². The third-order valence-corrected chi connectivity index (χ3v) is 5.70. The minimum atomic E-state index is -0.715. The first kappa shape index (κ1) is 23.9. The van der Waals surface area contributed by atoms with Crippen molar-refractivity contribution in [3.8, 4) is 5.75 Å². The van der Waals surface area contributed by atoms with E-state index in [4.69, 9.17) is 10.5 Å². The average molecular weight is 477 g/mol. The van der Waals surface area contributed by atoms with Crippen LogP contribution in [-0.2, 0) is 4.79 Å². The zero-order chi connectivity index (χ0) is 24.9. The van der Waals surface area contributed by atoms with E-state index in [0.717, 1.165) is 0 Å². The molecule has 35 heavy (non-hydrogen) atoms. The normalized spacial score (nSPS) is 15.0. The van der Waals surface area contributed by atoms with Gasteiger partial charge in [0.05, 0.1) is 30.9 Å². The number of nitrogens with zero attached hydrogens (tertiary/aromatic N) is 1. The number of hydrogen-bond acceptors (Lipinski definition) is 5. The Morgan fingerprint density at radius 2 is 1.89 bits per heavy atom. The lowest BCUT2D eigenvalue weighted by molar-refractivity contribution is -0.116. The maximum Gasteiger partial charge on any atom is 0.259 e. The molecule has 1 aliphatic rings. The predicted molar refractivity (Wildman–Crippen MR) is 130 cm³/mol. The maximum absolute atomic E-state index is 13.9. The third-order valence-electron chi connectivity index (χ3n) is 5.70. The van der Waals surface area contributed by atoms with Crippen LogP contribution in [0.3, 0.4) is 0 Å². The standard InChI is InChI=1S/C26H25FN4O4/c1-35-20-4-2-3-18(13-20)26(34)31-22-10-7-17(25(33)29-12-11-28)14-21(22)30-24(32)15-23(31)16-5-8-19(27)9-6-16/h2-10,13-14,23H,11-12,15,28H2,1H3,(H,29,33)(H,30,32). The van der Waals surface area contributed by atoms with Gasteiger partial charge in [-0.25, -0.2) is 4.39 Å². The van der Waals surface area contributed by atoms with Gasteiger partial charge in [-0.3, -0.25) is 19.3 Å². The van der Waals surface area contributed by atoms with Gasteiger partial charge in [0.1, 0.15) is 11.6 Å². The average Bonchev–Trinajstić information content (AvgIpc) is 3.02. The largest absolute Gasteiger partial charge is 0.497 e. The summed E-state index contributed by atoms with van der Waals surface area (Å²) in [5, 5.41) is 5.50. The molecule has 0 saturated heterocycles. The number of anilines is 2. The number of benzene rings is 3. The quantitative estimate of drug-likeness (QED) is 0.505. The fourth-order valence-electron chi connectivity index (χ4n) is 4.01. The second-order valence-corrected chi connectivity index (χ2v) is 8.00. The summed E-state index contributed by atoms with van der Waals surface area (Å²) < 4.78 is 18.9. The van der Waals surface area contributed by atoms with Gasteiger partial charge < -0.3 is 21.1 Å². The Morgan fingerprint density at radius 1 is 1.11 bits per heavy atom. The highest BCUT2D eigenvalue weighted by Gasteiger charge is 2.34. The molecule has 0 aliphatic carbocycles. The lowest BCUT2D eigenvalue weighted by Crippen LogP contribution is -2.35. The summed E-state index contributed by atoms with van der Waals surface area (Å²) in [6, 6.07) is 16.4. The number of carbonyl (C=O) groups is 3. The van der Waals surface area contributed by atoms with Crippen molar-refractivity contribution in [3.05, 3.63) is 89.2 Å². The number of carbonyl (C=O) groups excluding carboxylic acids is 3. The molecule has 0 bridgehead atoms. The SMILES string of the molecule is COc1cccc(C(=O)N2c3ccc(C(=O)NCCN)cc3NC(=O)CC2c2ccc(F)cc2)c1. The van der Waals surface area contributed by atoms with Crippen LogP contribution < -0.4 is 26.0 Å². The number of amides is 3. The van der Waals surface area contributed by atoms with Crippen LogP contribution in [0.25, 0.3) is 0 Å². The summed E-state index contributed by atoms with van der Waals surface area (Å²) in [4.78, 5) is 40.7. The Morgan fingerprint density at radius 3 is 2.60 bits per heavy atom. The van der Waals surface area contributed by atoms with Crippen LogP contribution in [0.2, 0.25) is 0 Å². The summed E-state index contributed by atoms with van der Waals surface area (Å²) in [6.07, 6.45) is -0.0648. The number of hydrogen-bond donors (Lipinski definition) is 3. The van der Waals surface area contributed by atoms with Crippen molar-refractivity contribution in [1.82, 2.24) is 5.32 Å². The van der Waals surface area contributed by atoms with E-state index in [1.807, 2.05) is 0 Å². The smallest absolute Gasteiger partial charge is 0.259 e. The van der Waals surface area contributed by atoms with Gasteiger partial charge in [0.15, 0.2) is 0 Å². The van der Waals surface area contributed by atoms with Gasteiger partial charge in [0.2, 0.25) is 5.91 Å². The van der Waals surface area contributed by atoms with Crippen molar-refractivity contribution in [3.63, 3.8) is 0 Å². The Balaban J connectivity index is 1.84. The Bertz CT molecular complexity index is 1260. The monoisotopic (exact) mass is 476 g/mol. The topological polar surface area (TPSA) is 114 Å². The first-order chi connectivity index (χ1) is 16.9. The van der Waals surface area contributed by atoms with Crippen LogP contribution in [0.1, 0.15) is 38.7 Å². The molecule has 180 valence electrons. The van der Waals surface area contributed by atoms with Gasteiger partial charge in [0.25, 0.3) is 11.8 Å². The number of methoxy groups -OCH3 is 1. The fourth-order valence-corrected chi connectivity index (χ4v) is 4.01. The van der Waals surface area contributed by atoms with E-state index in [1.165, 1.54) is 30.2 Å². The molecule has 9 heteroatoms. The molecule has 8 nitrogen and oxygen atoms in total. The van der Waals surface area contributed by atoms with Gasteiger partial charge >= 0.3 is 0 Å². The summed E-state index contributed by atoms with van der Waals surface area (Å²) >= 11 is 0. The predicted octanol–water partition coefficient (Wildman–Crippen LogP) is 3.25. The Labute approximate surface area is 201 Å². The third kappa shape index (κ3) is 5.15. The van der Waals surface area contributed by atoms with E-state index in [-0.39, 0.29) is 30.7 Å². The molecule has 3 aromatic rings. The molecule has 0 saturated carbocycles. The molecule has 3 aromatic carbocycles. The highest BCUT2D eigenvalue weighted by atomic mass is 19.1. The zero-order valence-corrected chi connectivity index (χ0v) is 19.1. The molecular weight excluding hydrogens is 451 g/mol. The first-order valence-electron chi connectivity index (χ1n) is 11.1. The molecule has 1 atom stereocenters. The summed E-state index contributed by atoms with van der Waals surface area (Å²) in [7, 11) is 1.51. The lowest BCUT2D eigenvalue weighted by Gasteiger charge is -2.31. The zero-order valence-electron chi connectivity index (χ0n) is 19.1. The van der Waals surface area contributed by atoms with Crippen LogP contribution in [0.5, 0.6) is 5.75 Å². The van der Waals surface area contributed by atoms with E-state index >= 15 is 0 Å². The van der Waals surface area contributed by atoms with Crippen LogP contribution in [0.15, 0.2) is 66.7 Å². The van der Waals surface area contributed by atoms with Gasteiger partial charge in [-0.1, -0.05) is 18.2 Å². The molecule has 1 aliphatic heterocycles. The number of nitrogens with two attached hydrogens (primary N) is 1. The molecular formula is C26H25FN4O4. The molecule has 1 unspecified atom stereocenters. The minimum Gasteiger partial charge on any atom is -0.497 e. The Kier molecular flexibility index (Phi) is 7.07. The fraction of sp³-hybridized carbons (Fsp3) is 0.192. The lowest BCUT2D eigenvalue weighted by atomic mass is 9.99. The number of rotatable bonds is 6. The van der Waals surface area contributed by atoms with Crippen LogP contribution >= 0.6 is 0 Å². The number of nitrogens with one attached hydrogen (secondary N) is 2. The second-order valence-electron chi connectivity index (χ2n) is 8.00. The number of ether oxygens (including phenoxy) is 1. The molecule has 0 radical (unpaired) electrons. The van der Waals surface area contributed by atoms with E-state index in [0.29, 0.717) is 40.4 Å². The van der Waals surface area contributed by atoms with E-state index in [1.54, 1.807) is 48.5 Å². The summed E-state index contributed by atoms with van der Waals surface area (Å²) in [5.41, 5.74) is 7.44. The van der Waals surface area contributed by atoms with Crippen LogP contribution in [0, 0.1) is 5.82 Å². The second kappa shape index (κ2) is 10.4. The molecule has 3 amide bonds. The molecule has 0 fully saturated rings. The van der Waals surface area contributed by atoms with Crippen molar-refractivity contribution in [1.29, 1.82) is 0 Å². The van der Waals surface area contributed by atoms with Gasteiger partial charge in [-0.2, -0.15) is 0 Å². The van der Waals surface area contributed by atoms with Crippen molar-refractivity contribution in [2.75, 3.05) is 30.4 Å². The minimum absolute atomic E-state index is 0.0648. The van der Waals surface area contributed by atoms with Gasteiger partial charge in [-0.05, 0) is 54.1 Å². The molecule has 4 rings (SSSR count). The molecule has 4 N–H and O–H groups in total. The first-order valence-corrected chi connectivity index (χ1v) is 11.1. The van der Waals surface area contributed by atoms with Crippen LogP contribution in [0.4, 0.5) is 15.8 Å². The van der Waals surface area contributed by atoms with Crippen molar-refractivity contribution < 1.29 is 23.5 Å². The van der Waals surface area contributed by atoms with Crippen molar-refractivity contribution in [2.24, 2.45) is 5.73 Å². The van der Waals surface area contributed by atoms with E-state index in [9.17, 15) is 18.8 Å². The van der Waals surface area contributed by atoms with Gasteiger partial charge in [-0.15, -0.1) is 0 Å². The van der Waals surface area contributed by atoms with Crippen molar-refractivity contribution in [2.45, 2.75) is 12.5 Å². The summed E-state index contributed by atoms with van der Waals surface area (Å²) in [5.74, 6) is -0.994. The Hall–Kier alpha value is -4.24. The van der Waals surface area contributed by atoms with E-state index in [2.05, 4.69) is 10.6 Å². The van der Waals surface area contributed by atoms with Crippen molar-refractivity contribution >= 4 is 29.1 Å². The van der Waals surface area contributed by atoms with E-state index < -0.39 is 11.9 Å². The van der Waals surface area contributed by atoms with Crippen LogP contribution in [-0.4, -0.2) is 37.9 Å². The number of halogens is 1.